The van der Waals surface area contributed by atoms with Crippen LogP contribution < -0.4 is 32.9 Å². The summed E-state index contributed by atoms with van der Waals surface area (Å²) in [6.07, 6.45) is 0. The summed E-state index contributed by atoms with van der Waals surface area (Å²) in [6.45, 7) is 0. The van der Waals surface area contributed by atoms with Gasteiger partial charge in [-0.15, -0.1) is 11.3 Å². The van der Waals surface area contributed by atoms with Gasteiger partial charge in [0.1, 0.15) is 15.9 Å². The van der Waals surface area contributed by atoms with E-state index in [1.807, 2.05) is 11.3 Å². The van der Waals surface area contributed by atoms with Gasteiger partial charge >= 0.3 is 0 Å². The van der Waals surface area contributed by atoms with Crippen molar-refractivity contribution in [2.75, 3.05) is 0 Å². The van der Waals surface area contributed by atoms with Crippen LogP contribution in [0.3, 0.4) is 0 Å². The van der Waals surface area contributed by atoms with E-state index in [-0.39, 0.29) is 12.4 Å². The van der Waals surface area contributed by atoms with Gasteiger partial charge in [-0.25, -0.2) is 0 Å². The predicted molar refractivity (Wildman–Crippen MR) is 109 cm³/mol. The maximum Gasteiger partial charge on any atom is 0.162 e. The molecule has 0 aliphatic heterocycles. The standard InChI is InChI=1S/C22H18PS.ClH/c1-4-11-19(12-5-1)23(22-17-10-18-24-22,20-13-6-2-7-14-20)21-15-8-3-9-16-21;/h1-18H;1H/q+1;/p-1. The van der Waals surface area contributed by atoms with Crippen LogP contribution in [0.2, 0.25) is 0 Å². The largest absolute Gasteiger partial charge is 1.00 e. The highest BCUT2D eigenvalue weighted by Gasteiger charge is 2.48. The summed E-state index contributed by atoms with van der Waals surface area (Å²) in [5.41, 5.74) is 0. The number of halogens is 1. The minimum absolute atomic E-state index is 0. The van der Waals surface area contributed by atoms with Crippen LogP contribution in [0.15, 0.2) is 109 Å². The first kappa shape index (κ1) is 17.9. The van der Waals surface area contributed by atoms with Crippen LogP contribution in [0.25, 0.3) is 0 Å². The van der Waals surface area contributed by atoms with Crippen LogP contribution >= 0.6 is 18.6 Å². The van der Waals surface area contributed by atoms with Crippen LogP contribution in [0, 0.1) is 0 Å². The van der Waals surface area contributed by atoms with Crippen molar-refractivity contribution in [2.45, 2.75) is 0 Å². The fourth-order valence-corrected chi connectivity index (χ4v) is 9.29. The Morgan fingerprint density at radius 1 is 0.480 bits per heavy atom. The molecule has 0 saturated heterocycles. The SMILES string of the molecule is [Cl-].c1ccc([P+](c2ccccc2)(c2ccccc2)c2cccs2)cc1. The van der Waals surface area contributed by atoms with E-state index in [9.17, 15) is 0 Å². The molecule has 25 heavy (non-hydrogen) atoms. The minimum atomic E-state index is -1.84. The van der Waals surface area contributed by atoms with Gasteiger partial charge in [0.25, 0.3) is 0 Å². The Hall–Kier alpha value is -1.92. The summed E-state index contributed by atoms with van der Waals surface area (Å²) in [4.78, 5) is 0. The van der Waals surface area contributed by atoms with Crippen LogP contribution in [-0.2, 0) is 0 Å². The second-order valence-electron chi connectivity index (χ2n) is 5.63. The Labute approximate surface area is 159 Å². The summed E-state index contributed by atoms with van der Waals surface area (Å²) in [5, 5.41) is 6.42. The van der Waals surface area contributed by atoms with Crippen LogP contribution in [0.5, 0.6) is 0 Å². The number of rotatable bonds is 4. The Bertz CT molecular complexity index is 794. The molecule has 1 heterocycles. The zero-order valence-corrected chi connectivity index (χ0v) is 16.1. The van der Waals surface area contributed by atoms with Gasteiger partial charge in [0.05, 0.1) is 0 Å². The third kappa shape index (κ3) is 3.16. The van der Waals surface area contributed by atoms with Crippen LogP contribution in [0.1, 0.15) is 0 Å². The van der Waals surface area contributed by atoms with Gasteiger partial charge in [-0.1, -0.05) is 54.6 Å². The highest BCUT2D eigenvalue weighted by Crippen LogP contribution is 2.55. The van der Waals surface area contributed by atoms with Gasteiger partial charge in [-0.2, -0.15) is 0 Å². The molecular formula is C22H18ClPS. The van der Waals surface area contributed by atoms with Crippen molar-refractivity contribution in [2.24, 2.45) is 0 Å². The zero-order chi connectivity index (χ0) is 16.2. The average Bonchev–Trinajstić information content (AvgIpc) is 3.20. The number of hydrogen-bond acceptors (Lipinski definition) is 1. The van der Waals surface area contributed by atoms with Crippen molar-refractivity contribution in [1.29, 1.82) is 0 Å². The molecule has 0 radical (unpaired) electrons. The first-order chi connectivity index (χ1) is 11.9. The maximum atomic E-state index is 2.30. The van der Waals surface area contributed by atoms with Gasteiger partial charge in [-0.3, -0.25) is 0 Å². The quantitative estimate of drug-likeness (QED) is 0.469. The molecule has 0 N–H and O–H groups in total. The lowest BCUT2D eigenvalue weighted by Crippen LogP contribution is -3.00. The molecule has 1 aromatic heterocycles. The van der Waals surface area contributed by atoms with Gasteiger partial charge in [0.2, 0.25) is 0 Å². The van der Waals surface area contributed by atoms with Crippen molar-refractivity contribution in [3.05, 3.63) is 109 Å². The molecule has 0 saturated carbocycles. The fraction of sp³-hybridized carbons (Fsp3) is 0. The molecule has 0 aliphatic carbocycles. The van der Waals surface area contributed by atoms with Gasteiger partial charge < -0.3 is 12.4 Å². The molecule has 0 nitrogen and oxygen atoms in total. The van der Waals surface area contributed by atoms with Crippen molar-refractivity contribution in [1.82, 2.24) is 0 Å². The van der Waals surface area contributed by atoms with Crippen molar-refractivity contribution in [3.63, 3.8) is 0 Å². The van der Waals surface area contributed by atoms with E-state index in [1.54, 1.807) is 0 Å². The normalized spacial score (nSPS) is 10.9. The van der Waals surface area contributed by atoms with Crippen molar-refractivity contribution in [3.8, 4) is 0 Å². The summed E-state index contributed by atoms with van der Waals surface area (Å²) in [6, 6.07) is 37.4. The molecule has 124 valence electrons. The van der Waals surface area contributed by atoms with E-state index >= 15 is 0 Å². The van der Waals surface area contributed by atoms with E-state index in [0.717, 1.165) is 0 Å². The number of benzene rings is 3. The second-order valence-corrected chi connectivity index (χ2v) is 10.3. The van der Waals surface area contributed by atoms with E-state index < -0.39 is 7.26 Å². The van der Waals surface area contributed by atoms with Gasteiger partial charge in [-0.05, 0) is 53.9 Å². The van der Waals surface area contributed by atoms with Crippen LogP contribution in [-0.4, -0.2) is 0 Å². The van der Waals surface area contributed by atoms with E-state index in [0.29, 0.717) is 0 Å². The molecule has 3 aromatic carbocycles. The summed E-state index contributed by atoms with van der Waals surface area (Å²) in [5.74, 6) is 0. The lowest BCUT2D eigenvalue weighted by molar-refractivity contribution is -0.00000446. The minimum Gasteiger partial charge on any atom is -1.00 e. The van der Waals surface area contributed by atoms with Gasteiger partial charge in [0.15, 0.2) is 11.9 Å². The molecule has 0 fully saturated rings. The summed E-state index contributed by atoms with van der Waals surface area (Å²) < 4.78 is 1.45. The molecule has 4 aromatic rings. The molecular weight excluding hydrogens is 363 g/mol. The van der Waals surface area contributed by atoms with Gasteiger partial charge in [0, 0.05) is 0 Å². The lowest BCUT2D eigenvalue weighted by atomic mass is 10.4. The third-order valence-electron chi connectivity index (χ3n) is 4.27. The lowest BCUT2D eigenvalue weighted by Gasteiger charge is -2.25. The molecule has 0 unspecified atom stereocenters. The molecule has 0 amide bonds. The predicted octanol–water partition coefficient (Wildman–Crippen LogP) is 1.37. The molecule has 4 rings (SSSR count). The second kappa shape index (κ2) is 7.97. The van der Waals surface area contributed by atoms with Crippen molar-refractivity contribution < 1.29 is 12.4 Å². The zero-order valence-electron chi connectivity index (χ0n) is 13.6. The monoisotopic (exact) mass is 380 g/mol. The maximum absolute atomic E-state index is 2.30. The Kier molecular flexibility index (Phi) is 5.71. The van der Waals surface area contributed by atoms with E-state index in [2.05, 4.69) is 109 Å². The topological polar surface area (TPSA) is 0 Å². The van der Waals surface area contributed by atoms with Crippen LogP contribution in [0.4, 0.5) is 0 Å². The summed E-state index contributed by atoms with van der Waals surface area (Å²) in [7, 11) is -1.84. The van der Waals surface area contributed by atoms with Crippen molar-refractivity contribution >= 4 is 39.1 Å². The highest BCUT2D eigenvalue weighted by molar-refractivity contribution is 8.04. The fourth-order valence-electron chi connectivity index (χ4n) is 3.24. The Balaban J connectivity index is 0.00000182. The number of thiophene rings is 1. The molecule has 0 aliphatic rings. The molecule has 0 atom stereocenters. The third-order valence-corrected chi connectivity index (χ3v) is 10.1. The summed E-state index contributed by atoms with van der Waals surface area (Å²) >= 11 is 1.86. The smallest absolute Gasteiger partial charge is 0.162 e. The molecule has 0 bridgehead atoms. The van der Waals surface area contributed by atoms with E-state index in [1.165, 1.54) is 20.5 Å². The number of hydrogen-bond donors (Lipinski definition) is 0. The first-order valence-electron chi connectivity index (χ1n) is 8.02. The Morgan fingerprint density at radius 3 is 1.20 bits per heavy atom. The highest BCUT2D eigenvalue weighted by atomic mass is 35.5. The average molecular weight is 381 g/mol. The molecule has 3 heteroatoms. The Morgan fingerprint density at radius 2 is 0.880 bits per heavy atom. The van der Waals surface area contributed by atoms with E-state index in [4.69, 9.17) is 0 Å². The first-order valence-corrected chi connectivity index (χ1v) is 10.7. The molecule has 0 spiro atoms.